The Labute approximate surface area is 187 Å². The van der Waals surface area contributed by atoms with Gasteiger partial charge in [-0.3, -0.25) is 14.4 Å². The molecule has 166 valence electrons. The molecule has 7 heteroatoms. The zero-order chi connectivity index (χ0) is 23.1. The quantitative estimate of drug-likeness (QED) is 0.561. The van der Waals surface area contributed by atoms with E-state index in [1.165, 1.54) is 17.7 Å². The maximum absolute atomic E-state index is 12.6. The van der Waals surface area contributed by atoms with Gasteiger partial charge in [0.1, 0.15) is 12.2 Å². The van der Waals surface area contributed by atoms with Gasteiger partial charge in [-0.1, -0.05) is 31.5 Å². The van der Waals surface area contributed by atoms with Crippen molar-refractivity contribution in [2.24, 2.45) is 0 Å². The van der Waals surface area contributed by atoms with E-state index in [9.17, 15) is 14.4 Å². The van der Waals surface area contributed by atoms with E-state index in [1.807, 2.05) is 50.2 Å². The Balaban J connectivity index is 1.65. The zero-order valence-corrected chi connectivity index (χ0v) is 18.6. The summed E-state index contributed by atoms with van der Waals surface area (Å²) in [5.74, 6) is -0.849. The predicted molar refractivity (Wildman–Crippen MR) is 126 cm³/mol. The average Bonchev–Trinajstić information content (AvgIpc) is 2.77. The number of unbranched alkanes of at least 4 members (excludes halogenated alkanes) is 1. The molecule has 0 saturated carbocycles. The molecule has 32 heavy (non-hydrogen) atoms. The minimum Gasteiger partial charge on any atom is -0.324 e. The molecule has 0 unspecified atom stereocenters. The van der Waals surface area contributed by atoms with Crippen molar-refractivity contribution >= 4 is 23.2 Å². The number of benzene rings is 2. The second-order valence-electron chi connectivity index (χ2n) is 7.82. The number of aryl methyl sites for hydroxylation is 3. The molecule has 0 atom stereocenters. The third-order valence-corrected chi connectivity index (χ3v) is 5.21. The summed E-state index contributed by atoms with van der Waals surface area (Å²) in [6, 6.07) is 15.8. The molecule has 0 aliphatic rings. The molecule has 0 bridgehead atoms. The first-order chi connectivity index (χ1) is 15.4. The van der Waals surface area contributed by atoms with Gasteiger partial charge in [-0.05, 0) is 73.7 Å². The van der Waals surface area contributed by atoms with E-state index in [1.54, 1.807) is 6.07 Å². The summed E-state index contributed by atoms with van der Waals surface area (Å²) in [5, 5.41) is 9.60. The lowest BCUT2D eigenvalue weighted by molar-refractivity contribution is -0.117. The van der Waals surface area contributed by atoms with Crippen molar-refractivity contribution in [2.45, 2.75) is 46.6 Å². The number of carbonyl (C=O) groups is 2. The van der Waals surface area contributed by atoms with Crippen LogP contribution in [-0.2, 0) is 17.8 Å². The van der Waals surface area contributed by atoms with Gasteiger partial charge in [0, 0.05) is 17.4 Å². The van der Waals surface area contributed by atoms with Crippen LogP contribution in [-0.4, -0.2) is 21.6 Å². The number of carbonyl (C=O) groups excluding carboxylic acids is 2. The van der Waals surface area contributed by atoms with E-state index >= 15 is 0 Å². The summed E-state index contributed by atoms with van der Waals surface area (Å²) >= 11 is 0. The summed E-state index contributed by atoms with van der Waals surface area (Å²) in [6.45, 7) is 5.80. The smallest absolute Gasteiger partial charge is 0.276 e. The molecule has 0 radical (unpaired) electrons. The van der Waals surface area contributed by atoms with Crippen LogP contribution in [0.2, 0.25) is 0 Å². The highest BCUT2D eigenvalue weighted by Crippen LogP contribution is 2.15. The van der Waals surface area contributed by atoms with E-state index in [-0.39, 0.29) is 12.2 Å². The number of nitrogens with one attached hydrogen (secondary N) is 2. The Morgan fingerprint density at radius 2 is 1.62 bits per heavy atom. The van der Waals surface area contributed by atoms with Crippen LogP contribution in [0, 0.1) is 13.8 Å². The Morgan fingerprint density at radius 3 is 2.31 bits per heavy atom. The van der Waals surface area contributed by atoms with E-state index in [4.69, 9.17) is 0 Å². The number of aromatic nitrogens is 2. The van der Waals surface area contributed by atoms with Crippen LogP contribution >= 0.6 is 0 Å². The molecule has 0 saturated heterocycles. The van der Waals surface area contributed by atoms with Crippen LogP contribution in [0.25, 0.3) is 0 Å². The topological polar surface area (TPSA) is 93.1 Å². The average molecular weight is 433 g/mol. The Bertz CT molecular complexity index is 1170. The molecule has 2 N–H and O–H groups in total. The highest BCUT2D eigenvalue weighted by molar-refractivity contribution is 6.02. The molecule has 2 aromatic carbocycles. The molecular weight excluding hydrogens is 404 g/mol. The summed E-state index contributed by atoms with van der Waals surface area (Å²) in [6.07, 6.45) is 3.25. The largest absolute Gasteiger partial charge is 0.324 e. The number of hydrogen-bond acceptors (Lipinski definition) is 4. The molecule has 1 aromatic heterocycles. The van der Waals surface area contributed by atoms with Gasteiger partial charge in [-0.25, -0.2) is 4.68 Å². The third kappa shape index (κ3) is 6.14. The van der Waals surface area contributed by atoms with Gasteiger partial charge in [0.2, 0.25) is 5.91 Å². The first-order valence-corrected chi connectivity index (χ1v) is 10.7. The van der Waals surface area contributed by atoms with Crippen molar-refractivity contribution in [3.63, 3.8) is 0 Å². The van der Waals surface area contributed by atoms with E-state index in [0.717, 1.165) is 35.1 Å². The molecular formula is C25H28N4O3. The molecule has 3 aromatic rings. The van der Waals surface area contributed by atoms with Gasteiger partial charge < -0.3 is 10.6 Å². The minimum atomic E-state index is -0.460. The van der Waals surface area contributed by atoms with Crippen molar-refractivity contribution in [3.8, 4) is 0 Å². The van der Waals surface area contributed by atoms with E-state index in [0.29, 0.717) is 11.4 Å². The summed E-state index contributed by atoms with van der Waals surface area (Å²) < 4.78 is 0.986. The maximum Gasteiger partial charge on any atom is 0.276 e. The van der Waals surface area contributed by atoms with Crippen molar-refractivity contribution in [1.82, 2.24) is 9.78 Å². The molecule has 0 fully saturated rings. The van der Waals surface area contributed by atoms with Crippen molar-refractivity contribution in [3.05, 3.63) is 87.3 Å². The highest BCUT2D eigenvalue weighted by atomic mass is 16.2. The van der Waals surface area contributed by atoms with Crippen molar-refractivity contribution < 1.29 is 9.59 Å². The molecule has 3 rings (SSSR count). The van der Waals surface area contributed by atoms with Crippen LogP contribution in [0.3, 0.4) is 0 Å². The molecule has 1 heterocycles. The number of hydrogen-bond donors (Lipinski definition) is 2. The van der Waals surface area contributed by atoms with Gasteiger partial charge in [-0.2, -0.15) is 5.10 Å². The Morgan fingerprint density at radius 1 is 0.906 bits per heavy atom. The number of anilines is 2. The lowest BCUT2D eigenvalue weighted by Gasteiger charge is -2.10. The number of nitrogens with zero attached hydrogens (tertiary/aromatic N) is 2. The highest BCUT2D eigenvalue weighted by Gasteiger charge is 2.13. The van der Waals surface area contributed by atoms with Crippen LogP contribution in [0.15, 0.2) is 59.4 Å². The van der Waals surface area contributed by atoms with Crippen LogP contribution < -0.4 is 16.2 Å². The van der Waals surface area contributed by atoms with Crippen LogP contribution in [0.1, 0.15) is 46.9 Å². The first kappa shape index (κ1) is 22.9. The molecule has 7 nitrogen and oxygen atoms in total. The predicted octanol–water partition coefficient (Wildman–Crippen LogP) is 4.09. The summed E-state index contributed by atoms with van der Waals surface area (Å²) in [7, 11) is 0. The minimum absolute atomic E-state index is 0.0518. The Hall–Kier alpha value is -3.74. The summed E-state index contributed by atoms with van der Waals surface area (Å²) in [4.78, 5) is 37.1. The fraction of sp³-hybridized carbons (Fsp3) is 0.280. The zero-order valence-electron chi connectivity index (χ0n) is 18.6. The molecule has 0 aliphatic carbocycles. The lowest BCUT2D eigenvalue weighted by atomic mass is 10.1. The first-order valence-electron chi connectivity index (χ1n) is 10.7. The monoisotopic (exact) mass is 432 g/mol. The third-order valence-electron chi connectivity index (χ3n) is 5.21. The molecule has 2 amide bonds. The second-order valence-corrected chi connectivity index (χ2v) is 7.82. The second kappa shape index (κ2) is 10.5. The fourth-order valence-corrected chi connectivity index (χ4v) is 3.17. The Kier molecular flexibility index (Phi) is 7.54. The SMILES string of the molecule is CCCCc1ccc(NC(=O)Cn2nc(C(=O)Nc3ccc(C)c(C)c3)ccc2=O)cc1. The van der Waals surface area contributed by atoms with Gasteiger partial charge in [0.25, 0.3) is 11.5 Å². The van der Waals surface area contributed by atoms with Gasteiger partial charge in [-0.15, -0.1) is 0 Å². The maximum atomic E-state index is 12.6. The summed E-state index contributed by atoms with van der Waals surface area (Å²) in [5.41, 5.74) is 4.26. The van der Waals surface area contributed by atoms with E-state index < -0.39 is 17.4 Å². The van der Waals surface area contributed by atoms with E-state index in [2.05, 4.69) is 22.7 Å². The normalized spacial score (nSPS) is 10.6. The van der Waals surface area contributed by atoms with Gasteiger partial charge >= 0.3 is 0 Å². The molecule has 0 spiro atoms. The van der Waals surface area contributed by atoms with Crippen LogP contribution in [0.4, 0.5) is 11.4 Å². The lowest BCUT2D eigenvalue weighted by Crippen LogP contribution is -2.31. The molecule has 0 aliphatic heterocycles. The van der Waals surface area contributed by atoms with Gasteiger partial charge in [0.15, 0.2) is 0 Å². The van der Waals surface area contributed by atoms with Crippen molar-refractivity contribution in [2.75, 3.05) is 10.6 Å². The fourth-order valence-electron chi connectivity index (χ4n) is 3.17. The van der Waals surface area contributed by atoms with Crippen LogP contribution in [0.5, 0.6) is 0 Å². The van der Waals surface area contributed by atoms with Crippen molar-refractivity contribution in [1.29, 1.82) is 0 Å². The number of amides is 2. The number of rotatable bonds is 8. The van der Waals surface area contributed by atoms with Gasteiger partial charge in [0.05, 0.1) is 0 Å². The standard InChI is InChI=1S/C25H28N4O3/c1-4-5-6-19-8-11-20(12-9-19)26-23(30)16-29-24(31)14-13-22(28-29)25(32)27-21-10-7-17(2)18(3)15-21/h7-15H,4-6,16H2,1-3H3,(H,26,30)(H,27,32).